The molecule has 0 amide bonds. The lowest BCUT2D eigenvalue weighted by molar-refractivity contribution is 0.435. The van der Waals surface area contributed by atoms with Crippen LogP contribution in [0.15, 0.2) is 0 Å². The van der Waals surface area contributed by atoms with Gasteiger partial charge in [0.2, 0.25) is 0 Å². The van der Waals surface area contributed by atoms with Crippen LogP contribution in [0.5, 0.6) is 0 Å². The molecule has 5 nitrogen and oxygen atoms in total. The van der Waals surface area contributed by atoms with E-state index in [2.05, 4.69) is 17.0 Å². The van der Waals surface area contributed by atoms with Crippen molar-refractivity contribution >= 4 is 22.0 Å². The average molecular weight is 336 g/mol. The van der Waals surface area contributed by atoms with Gasteiger partial charge in [0.1, 0.15) is 0 Å². The van der Waals surface area contributed by atoms with Crippen LogP contribution in [0.2, 0.25) is 0 Å². The molecule has 0 saturated heterocycles. The van der Waals surface area contributed by atoms with E-state index < -0.39 is 10.2 Å². The fourth-order valence-corrected chi connectivity index (χ4v) is 5.27. The van der Waals surface area contributed by atoms with Gasteiger partial charge in [-0.15, -0.1) is 0 Å². The molecule has 0 aromatic rings. The molecule has 2 fully saturated rings. The van der Waals surface area contributed by atoms with Gasteiger partial charge in [0.15, 0.2) is 0 Å². The maximum absolute atomic E-state index is 12.4. The fraction of sp³-hybridized carbons (Fsp3) is 1.00. The highest BCUT2D eigenvalue weighted by Crippen LogP contribution is 2.30. The molecule has 2 rings (SSSR count). The normalized spacial score (nSPS) is 26.6. The lowest BCUT2D eigenvalue weighted by Gasteiger charge is -2.24. The number of nitrogens with zero attached hydrogens (tertiary/aromatic N) is 1. The van der Waals surface area contributed by atoms with Gasteiger partial charge in [-0.25, -0.2) is 0 Å². The standard InChI is InChI=1S/C14H29N3O2S2/c1-3-20-14-7-4-6-13(14)16-21(18,19)17(2)11-5-10-15-12-8-9-12/h12-16H,3-11H2,1-2H3. The van der Waals surface area contributed by atoms with Crippen LogP contribution in [0.25, 0.3) is 0 Å². The van der Waals surface area contributed by atoms with Crippen molar-refractivity contribution in [2.45, 2.75) is 62.8 Å². The number of nitrogens with one attached hydrogen (secondary N) is 2. The molecule has 0 aliphatic heterocycles. The third-order valence-electron chi connectivity index (χ3n) is 4.20. The molecule has 0 aromatic carbocycles. The van der Waals surface area contributed by atoms with Crippen LogP contribution in [0.3, 0.4) is 0 Å². The van der Waals surface area contributed by atoms with Crippen molar-refractivity contribution in [1.82, 2.24) is 14.3 Å². The lowest BCUT2D eigenvalue weighted by atomic mass is 10.3. The van der Waals surface area contributed by atoms with Gasteiger partial charge in [0.25, 0.3) is 10.2 Å². The van der Waals surface area contributed by atoms with E-state index in [0.717, 1.165) is 38.0 Å². The van der Waals surface area contributed by atoms with Gasteiger partial charge in [-0.2, -0.15) is 29.2 Å². The minimum atomic E-state index is -3.34. The monoisotopic (exact) mass is 335 g/mol. The van der Waals surface area contributed by atoms with Crippen molar-refractivity contribution in [3.05, 3.63) is 0 Å². The third kappa shape index (κ3) is 5.71. The molecule has 2 atom stereocenters. The van der Waals surface area contributed by atoms with E-state index in [9.17, 15) is 8.42 Å². The molecule has 0 spiro atoms. The van der Waals surface area contributed by atoms with E-state index in [-0.39, 0.29) is 6.04 Å². The van der Waals surface area contributed by atoms with E-state index in [1.165, 1.54) is 17.1 Å². The van der Waals surface area contributed by atoms with E-state index in [4.69, 9.17) is 0 Å². The Labute approximate surface area is 133 Å². The minimum Gasteiger partial charge on any atom is -0.314 e. The van der Waals surface area contributed by atoms with Crippen molar-refractivity contribution < 1.29 is 8.42 Å². The molecule has 2 aliphatic carbocycles. The number of hydrogen-bond acceptors (Lipinski definition) is 4. The number of thioether (sulfide) groups is 1. The fourth-order valence-electron chi connectivity index (χ4n) is 2.77. The van der Waals surface area contributed by atoms with E-state index in [1.54, 1.807) is 7.05 Å². The first-order valence-electron chi connectivity index (χ1n) is 8.11. The summed E-state index contributed by atoms with van der Waals surface area (Å²) in [5.74, 6) is 1.05. The Morgan fingerprint density at radius 2 is 2.00 bits per heavy atom. The van der Waals surface area contributed by atoms with Crippen LogP contribution in [0.1, 0.15) is 45.4 Å². The number of hydrogen-bond donors (Lipinski definition) is 2. The summed E-state index contributed by atoms with van der Waals surface area (Å²) < 4.78 is 29.1. The van der Waals surface area contributed by atoms with E-state index in [0.29, 0.717) is 17.8 Å². The van der Waals surface area contributed by atoms with Gasteiger partial charge in [-0.1, -0.05) is 13.3 Å². The molecule has 21 heavy (non-hydrogen) atoms. The second kappa shape index (κ2) is 8.15. The highest BCUT2D eigenvalue weighted by molar-refractivity contribution is 8.00. The summed E-state index contributed by atoms with van der Waals surface area (Å²) in [6.07, 6.45) is 6.63. The largest absolute Gasteiger partial charge is 0.314 e. The highest BCUT2D eigenvalue weighted by Gasteiger charge is 2.32. The van der Waals surface area contributed by atoms with Crippen LogP contribution >= 0.6 is 11.8 Å². The zero-order valence-corrected chi connectivity index (χ0v) is 14.8. The molecule has 0 heterocycles. The van der Waals surface area contributed by atoms with Crippen molar-refractivity contribution in [3.63, 3.8) is 0 Å². The Bertz CT molecular complexity index is 412. The van der Waals surface area contributed by atoms with Gasteiger partial charge < -0.3 is 5.32 Å². The van der Waals surface area contributed by atoms with Crippen molar-refractivity contribution in [1.29, 1.82) is 0 Å². The Kier molecular flexibility index (Phi) is 6.80. The number of rotatable bonds is 10. The summed E-state index contributed by atoms with van der Waals surface area (Å²) in [7, 11) is -1.66. The quantitative estimate of drug-likeness (QED) is 0.595. The lowest BCUT2D eigenvalue weighted by Crippen LogP contribution is -2.46. The first-order chi connectivity index (χ1) is 10.0. The summed E-state index contributed by atoms with van der Waals surface area (Å²) in [6.45, 7) is 3.61. The zero-order chi connectivity index (χ0) is 15.3. The van der Waals surface area contributed by atoms with Crippen molar-refractivity contribution in [2.24, 2.45) is 0 Å². The first-order valence-corrected chi connectivity index (χ1v) is 10.6. The summed E-state index contributed by atoms with van der Waals surface area (Å²) in [6, 6.07) is 0.794. The van der Waals surface area contributed by atoms with Crippen LogP contribution in [-0.2, 0) is 10.2 Å². The van der Waals surface area contributed by atoms with Crippen LogP contribution in [0, 0.1) is 0 Å². The Morgan fingerprint density at radius 1 is 1.24 bits per heavy atom. The molecule has 124 valence electrons. The maximum atomic E-state index is 12.4. The van der Waals surface area contributed by atoms with Crippen LogP contribution in [0.4, 0.5) is 0 Å². The van der Waals surface area contributed by atoms with Crippen LogP contribution in [-0.4, -0.2) is 55.9 Å². The van der Waals surface area contributed by atoms with Gasteiger partial charge in [0.05, 0.1) is 0 Å². The molecule has 2 saturated carbocycles. The predicted molar refractivity (Wildman–Crippen MR) is 89.9 cm³/mol. The first kappa shape index (κ1) is 17.5. The topological polar surface area (TPSA) is 61.4 Å². The van der Waals surface area contributed by atoms with Crippen molar-refractivity contribution in [2.75, 3.05) is 25.9 Å². The summed E-state index contributed by atoms with van der Waals surface area (Å²) >= 11 is 1.88. The van der Waals surface area contributed by atoms with Crippen molar-refractivity contribution in [3.8, 4) is 0 Å². The predicted octanol–water partition coefficient (Wildman–Crippen LogP) is 1.57. The molecular weight excluding hydrogens is 306 g/mol. The van der Waals surface area contributed by atoms with E-state index >= 15 is 0 Å². The Balaban J connectivity index is 1.73. The summed E-state index contributed by atoms with van der Waals surface area (Å²) in [5, 5.41) is 3.85. The molecule has 0 radical (unpaired) electrons. The Morgan fingerprint density at radius 3 is 2.67 bits per heavy atom. The molecule has 2 N–H and O–H groups in total. The van der Waals surface area contributed by atoms with Gasteiger partial charge >= 0.3 is 0 Å². The maximum Gasteiger partial charge on any atom is 0.279 e. The molecule has 7 heteroatoms. The smallest absolute Gasteiger partial charge is 0.279 e. The molecule has 2 unspecified atom stereocenters. The molecule has 0 bridgehead atoms. The van der Waals surface area contributed by atoms with Gasteiger partial charge in [-0.05, 0) is 44.4 Å². The second-order valence-electron chi connectivity index (χ2n) is 6.06. The molecule has 0 aromatic heterocycles. The minimum absolute atomic E-state index is 0.104. The third-order valence-corrected chi connectivity index (χ3v) is 7.13. The van der Waals surface area contributed by atoms with Crippen LogP contribution < -0.4 is 10.0 Å². The summed E-state index contributed by atoms with van der Waals surface area (Å²) in [4.78, 5) is 0. The average Bonchev–Trinajstić information content (AvgIpc) is 3.17. The van der Waals surface area contributed by atoms with Gasteiger partial charge in [0, 0.05) is 30.9 Å². The highest BCUT2D eigenvalue weighted by atomic mass is 32.2. The second-order valence-corrected chi connectivity index (χ2v) is 9.38. The SMILES string of the molecule is CCSC1CCCC1NS(=O)(=O)N(C)CCCNC1CC1. The van der Waals surface area contributed by atoms with Gasteiger partial charge in [-0.3, -0.25) is 0 Å². The van der Waals surface area contributed by atoms with E-state index in [1.807, 2.05) is 11.8 Å². The zero-order valence-electron chi connectivity index (χ0n) is 13.2. The Hall–Kier alpha value is 0.180. The molecule has 2 aliphatic rings. The molecular formula is C14H29N3O2S2. The summed E-state index contributed by atoms with van der Waals surface area (Å²) in [5.41, 5.74) is 0.